The van der Waals surface area contributed by atoms with Crippen LogP contribution in [0.15, 0.2) is 12.1 Å². The van der Waals surface area contributed by atoms with Crippen LogP contribution < -0.4 is 5.73 Å². The Morgan fingerprint density at radius 2 is 1.85 bits per heavy atom. The minimum atomic E-state index is -4.45. The van der Waals surface area contributed by atoms with Crippen molar-refractivity contribution in [3.8, 4) is 0 Å². The fraction of sp³-hybridized carbons (Fsp3) is 0.143. The summed E-state index contributed by atoms with van der Waals surface area (Å²) < 4.78 is 37.2. The molecule has 1 aromatic rings. The molecule has 0 heterocycles. The van der Waals surface area contributed by atoms with Gasteiger partial charge in [-0.15, -0.1) is 0 Å². The molecule has 1 rings (SSSR count). The summed E-state index contributed by atoms with van der Waals surface area (Å²) in [6.45, 7) is 0. The molecule has 1 aromatic carbocycles. The molecule has 13 heavy (non-hydrogen) atoms. The van der Waals surface area contributed by atoms with Gasteiger partial charge in [0.15, 0.2) is 0 Å². The van der Waals surface area contributed by atoms with Crippen LogP contribution in [-0.2, 0) is 6.18 Å². The Kier molecular flexibility index (Phi) is 2.96. The number of nitrogen functional groups attached to an aromatic ring is 1. The second kappa shape index (κ2) is 3.53. The van der Waals surface area contributed by atoms with Gasteiger partial charge in [0.1, 0.15) is 0 Å². The van der Waals surface area contributed by atoms with Gasteiger partial charge in [-0.2, -0.15) is 13.2 Å². The molecule has 2 N–H and O–H groups in total. The zero-order chi connectivity index (χ0) is 10.2. The van der Waals surface area contributed by atoms with E-state index in [0.29, 0.717) is 3.57 Å². The summed E-state index contributed by atoms with van der Waals surface area (Å²) in [6.07, 6.45) is -4.45. The second-order valence-electron chi connectivity index (χ2n) is 2.32. The highest BCUT2D eigenvalue weighted by Crippen LogP contribution is 2.38. The number of benzene rings is 1. The standard InChI is InChI=1S/C7H4ClF3IN/c8-5-3(7(9,10)11)1-2-4(12)6(5)13/h1-2H,13H2. The maximum atomic E-state index is 12.2. The van der Waals surface area contributed by atoms with Gasteiger partial charge in [-0.1, -0.05) is 11.6 Å². The molecule has 0 bridgehead atoms. The van der Waals surface area contributed by atoms with E-state index in [1.165, 1.54) is 6.07 Å². The molecule has 0 atom stereocenters. The molecule has 0 amide bonds. The molecule has 0 spiro atoms. The van der Waals surface area contributed by atoms with Crippen LogP contribution in [0, 0.1) is 3.57 Å². The van der Waals surface area contributed by atoms with Crippen molar-refractivity contribution in [3.63, 3.8) is 0 Å². The SMILES string of the molecule is Nc1c(I)ccc(C(F)(F)F)c1Cl. The number of alkyl halides is 3. The number of hydrogen-bond acceptors (Lipinski definition) is 1. The van der Waals surface area contributed by atoms with Crippen molar-refractivity contribution in [1.82, 2.24) is 0 Å². The molecular formula is C7H4ClF3IN. The molecule has 0 saturated carbocycles. The lowest BCUT2D eigenvalue weighted by atomic mass is 10.2. The van der Waals surface area contributed by atoms with E-state index in [1.807, 2.05) is 22.6 Å². The van der Waals surface area contributed by atoms with E-state index in [4.69, 9.17) is 17.3 Å². The van der Waals surface area contributed by atoms with Gasteiger partial charge < -0.3 is 5.73 Å². The average Bonchev–Trinajstić information content (AvgIpc) is 1.98. The van der Waals surface area contributed by atoms with Crippen molar-refractivity contribution < 1.29 is 13.2 Å². The first-order valence-electron chi connectivity index (χ1n) is 3.14. The Labute approximate surface area is 91.2 Å². The lowest BCUT2D eigenvalue weighted by Crippen LogP contribution is -2.07. The highest BCUT2D eigenvalue weighted by molar-refractivity contribution is 14.1. The Balaban J connectivity index is 3.35. The number of rotatable bonds is 0. The third-order valence-electron chi connectivity index (χ3n) is 1.43. The minimum Gasteiger partial charge on any atom is -0.397 e. The Hall–Kier alpha value is -0.170. The molecule has 0 aliphatic carbocycles. The number of halogens is 5. The van der Waals surface area contributed by atoms with Crippen molar-refractivity contribution in [2.75, 3.05) is 5.73 Å². The fourth-order valence-electron chi connectivity index (χ4n) is 0.788. The largest absolute Gasteiger partial charge is 0.417 e. The van der Waals surface area contributed by atoms with E-state index >= 15 is 0 Å². The predicted molar refractivity (Wildman–Crippen MR) is 53.6 cm³/mol. The molecule has 0 unspecified atom stereocenters. The summed E-state index contributed by atoms with van der Waals surface area (Å²) in [5, 5.41) is -0.431. The summed E-state index contributed by atoms with van der Waals surface area (Å²) in [7, 11) is 0. The first-order valence-corrected chi connectivity index (χ1v) is 4.60. The molecule has 1 nitrogen and oxygen atoms in total. The predicted octanol–water partition coefficient (Wildman–Crippen LogP) is 3.55. The van der Waals surface area contributed by atoms with E-state index in [-0.39, 0.29) is 5.69 Å². The van der Waals surface area contributed by atoms with Gasteiger partial charge in [-0.3, -0.25) is 0 Å². The van der Waals surface area contributed by atoms with Gasteiger partial charge in [-0.25, -0.2) is 0 Å². The Bertz CT molecular complexity index is 337. The first-order chi connectivity index (χ1) is 5.84. The minimum absolute atomic E-state index is 0.0305. The van der Waals surface area contributed by atoms with Crippen LogP contribution in [0.4, 0.5) is 18.9 Å². The van der Waals surface area contributed by atoms with Gasteiger partial charge in [0.2, 0.25) is 0 Å². The monoisotopic (exact) mass is 321 g/mol. The second-order valence-corrected chi connectivity index (χ2v) is 3.86. The van der Waals surface area contributed by atoms with Gasteiger partial charge >= 0.3 is 6.18 Å². The molecule has 0 saturated heterocycles. The third kappa shape index (κ3) is 2.19. The van der Waals surface area contributed by atoms with Crippen molar-refractivity contribution in [2.45, 2.75) is 6.18 Å². The molecule has 6 heteroatoms. The summed E-state index contributed by atoms with van der Waals surface area (Å²) in [4.78, 5) is 0. The third-order valence-corrected chi connectivity index (χ3v) is 2.78. The maximum absolute atomic E-state index is 12.2. The Morgan fingerprint density at radius 1 is 1.31 bits per heavy atom. The zero-order valence-electron chi connectivity index (χ0n) is 6.12. The van der Waals surface area contributed by atoms with Crippen LogP contribution >= 0.6 is 34.2 Å². The summed E-state index contributed by atoms with van der Waals surface area (Å²) >= 11 is 7.25. The zero-order valence-corrected chi connectivity index (χ0v) is 9.04. The van der Waals surface area contributed by atoms with Crippen LogP contribution in [0.2, 0.25) is 5.02 Å². The van der Waals surface area contributed by atoms with Gasteiger partial charge in [0, 0.05) is 3.57 Å². The topological polar surface area (TPSA) is 26.0 Å². The molecule has 72 valence electrons. The summed E-state index contributed by atoms with van der Waals surface area (Å²) in [5.41, 5.74) is 4.41. The summed E-state index contributed by atoms with van der Waals surface area (Å²) in [6, 6.07) is 2.20. The van der Waals surface area contributed by atoms with Crippen molar-refractivity contribution in [2.24, 2.45) is 0 Å². The van der Waals surface area contributed by atoms with E-state index in [0.717, 1.165) is 6.07 Å². The Morgan fingerprint density at radius 3 is 2.31 bits per heavy atom. The maximum Gasteiger partial charge on any atom is 0.417 e. The van der Waals surface area contributed by atoms with E-state index in [9.17, 15) is 13.2 Å². The van der Waals surface area contributed by atoms with Gasteiger partial charge in [-0.05, 0) is 34.7 Å². The molecule has 0 fully saturated rings. The van der Waals surface area contributed by atoms with Crippen LogP contribution in [0.25, 0.3) is 0 Å². The highest BCUT2D eigenvalue weighted by Gasteiger charge is 2.34. The first kappa shape index (κ1) is 10.9. The van der Waals surface area contributed by atoms with Crippen LogP contribution in [0.1, 0.15) is 5.56 Å². The van der Waals surface area contributed by atoms with Crippen molar-refractivity contribution >= 4 is 39.9 Å². The molecule has 0 aromatic heterocycles. The van der Waals surface area contributed by atoms with Crippen molar-refractivity contribution in [1.29, 1.82) is 0 Å². The normalized spacial score (nSPS) is 11.8. The molecule has 0 radical (unpaired) electrons. The highest BCUT2D eigenvalue weighted by atomic mass is 127. The smallest absolute Gasteiger partial charge is 0.397 e. The molecule has 0 aliphatic heterocycles. The van der Waals surface area contributed by atoms with Crippen molar-refractivity contribution in [3.05, 3.63) is 26.3 Å². The molecule has 0 aliphatic rings. The number of hydrogen-bond donors (Lipinski definition) is 1. The molecular weight excluding hydrogens is 317 g/mol. The van der Waals surface area contributed by atoms with Crippen LogP contribution in [-0.4, -0.2) is 0 Å². The summed E-state index contributed by atoms with van der Waals surface area (Å²) in [5.74, 6) is 0. The van der Waals surface area contributed by atoms with Crippen LogP contribution in [0.5, 0.6) is 0 Å². The van der Waals surface area contributed by atoms with Crippen LogP contribution in [0.3, 0.4) is 0 Å². The lowest BCUT2D eigenvalue weighted by Gasteiger charge is -2.10. The number of nitrogens with two attached hydrogens (primary N) is 1. The van der Waals surface area contributed by atoms with E-state index in [2.05, 4.69) is 0 Å². The van der Waals surface area contributed by atoms with Gasteiger partial charge in [0.25, 0.3) is 0 Å². The van der Waals surface area contributed by atoms with Gasteiger partial charge in [0.05, 0.1) is 16.3 Å². The lowest BCUT2D eigenvalue weighted by molar-refractivity contribution is -0.137. The quantitative estimate of drug-likeness (QED) is 0.574. The average molecular weight is 321 g/mol. The van der Waals surface area contributed by atoms with E-state index in [1.54, 1.807) is 0 Å². The fourth-order valence-corrected chi connectivity index (χ4v) is 1.67. The van der Waals surface area contributed by atoms with E-state index < -0.39 is 16.8 Å². The number of anilines is 1.